The van der Waals surface area contributed by atoms with Crippen LogP contribution < -0.4 is 5.32 Å². The van der Waals surface area contributed by atoms with Crippen LogP contribution in [0, 0.1) is 0 Å². The van der Waals surface area contributed by atoms with Crippen LogP contribution in [0.1, 0.15) is 39.5 Å². The fourth-order valence-electron chi connectivity index (χ4n) is 3.55. The molecule has 0 radical (unpaired) electrons. The number of aliphatic hydroxyl groups excluding tert-OH is 1. The van der Waals surface area contributed by atoms with Crippen molar-refractivity contribution in [3.05, 3.63) is 0 Å². The van der Waals surface area contributed by atoms with Gasteiger partial charge in [0.15, 0.2) is 0 Å². The lowest BCUT2D eigenvalue weighted by Crippen LogP contribution is -2.57. The molecule has 2 aliphatic rings. The van der Waals surface area contributed by atoms with Gasteiger partial charge in [0, 0.05) is 44.4 Å². The van der Waals surface area contributed by atoms with Crippen molar-refractivity contribution >= 4 is 0 Å². The molecule has 2 rings (SSSR count). The monoisotopic (exact) mass is 269 g/mol. The van der Waals surface area contributed by atoms with Gasteiger partial charge in [-0.3, -0.25) is 9.80 Å². The molecule has 19 heavy (non-hydrogen) atoms. The summed E-state index contributed by atoms with van der Waals surface area (Å²) in [5, 5.41) is 12.8. The minimum absolute atomic E-state index is 0.291. The number of nitrogens with one attached hydrogen (secondary N) is 1. The highest BCUT2D eigenvalue weighted by Gasteiger charge is 2.34. The number of nitrogens with zero attached hydrogens (tertiary/aromatic N) is 2. The minimum atomic E-state index is 0.291. The Morgan fingerprint density at radius 1 is 1.37 bits per heavy atom. The van der Waals surface area contributed by atoms with E-state index in [0.29, 0.717) is 18.7 Å². The molecule has 0 saturated carbocycles. The Balaban J connectivity index is 1.84. The van der Waals surface area contributed by atoms with Gasteiger partial charge in [-0.05, 0) is 45.7 Å². The Morgan fingerprint density at radius 2 is 2.21 bits per heavy atom. The second kappa shape index (κ2) is 7.58. The van der Waals surface area contributed by atoms with Gasteiger partial charge in [0.25, 0.3) is 0 Å². The molecule has 3 unspecified atom stereocenters. The highest BCUT2D eigenvalue weighted by molar-refractivity contribution is 4.91. The van der Waals surface area contributed by atoms with Crippen LogP contribution in [0.25, 0.3) is 0 Å². The topological polar surface area (TPSA) is 38.7 Å². The number of fused-ring (bicyclic) bond motifs is 1. The van der Waals surface area contributed by atoms with E-state index in [9.17, 15) is 5.11 Å². The quantitative estimate of drug-likeness (QED) is 0.720. The molecule has 2 saturated heterocycles. The molecule has 0 aromatic heterocycles. The van der Waals surface area contributed by atoms with Crippen LogP contribution in [0.3, 0.4) is 0 Å². The van der Waals surface area contributed by atoms with E-state index in [-0.39, 0.29) is 0 Å². The summed E-state index contributed by atoms with van der Waals surface area (Å²) < 4.78 is 0. The van der Waals surface area contributed by atoms with E-state index in [1.165, 1.54) is 32.5 Å². The average Bonchev–Trinajstić information content (AvgIpc) is 2.83. The Hall–Kier alpha value is -0.160. The van der Waals surface area contributed by atoms with Crippen LogP contribution in [0.4, 0.5) is 0 Å². The van der Waals surface area contributed by atoms with E-state index in [1.54, 1.807) is 0 Å². The van der Waals surface area contributed by atoms with Crippen molar-refractivity contribution < 1.29 is 5.11 Å². The Morgan fingerprint density at radius 3 is 2.95 bits per heavy atom. The molecule has 2 aliphatic heterocycles. The lowest BCUT2D eigenvalue weighted by atomic mass is 10.1. The number of rotatable bonds is 7. The zero-order valence-electron chi connectivity index (χ0n) is 12.6. The van der Waals surface area contributed by atoms with Crippen LogP contribution in [0.5, 0.6) is 0 Å². The number of aliphatic hydroxyl groups is 1. The van der Waals surface area contributed by atoms with Gasteiger partial charge in [-0.1, -0.05) is 6.92 Å². The lowest BCUT2D eigenvalue weighted by molar-refractivity contribution is 0.0501. The smallest absolute Gasteiger partial charge is 0.0446 e. The largest absolute Gasteiger partial charge is 0.396 e. The van der Waals surface area contributed by atoms with Crippen molar-refractivity contribution in [1.82, 2.24) is 15.1 Å². The van der Waals surface area contributed by atoms with Gasteiger partial charge in [0.2, 0.25) is 0 Å². The minimum Gasteiger partial charge on any atom is -0.396 e. The molecule has 4 heteroatoms. The van der Waals surface area contributed by atoms with E-state index >= 15 is 0 Å². The highest BCUT2D eigenvalue weighted by Crippen LogP contribution is 2.24. The number of hydrogen-bond donors (Lipinski definition) is 2. The molecule has 3 atom stereocenters. The Bertz CT molecular complexity index is 262. The molecular formula is C15H31N3O. The van der Waals surface area contributed by atoms with Crippen molar-refractivity contribution in [2.24, 2.45) is 0 Å². The van der Waals surface area contributed by atoms with Gasteiger partial charge >= 0.3 is 0 Å². The summed E-state index contributed by atoms with van der Waals surface area (Å²) in [5.41, 5.74) is 0. The van der Waals surface area contributed by atoms with Crippen LogP contribution in [0.2, 0.25) is 0 Å². The predicted octanol–water partition coefficient (Wildman–Crippen LogP) is 0.906. The molecule has 0 aromatic rings. The van der Waals surface area contributed by atoms with Crippen molar-refractivity contribution in [2.75, 3.05) is 39.3 Å². The zero-order valence-corrected chi connectivity index (χ0v) is 12.6. The fraction of sp³-hybridized carbons (Fsp3) is 1.00. The first-order valence-corrected chi connectivity index (χ1v) is 8.07. The van der Waals surface area contributed by atoms with Gasteiger partial charge in [0.05, 0.1) is 0 Å². The number of hydrogen-bond acceptors (Lipinski definition) is 4. The molecular weight excluding hydrogens is 238 g/mol. The predicted molar refractivity (Wildman–Crippen MR) is 79.4 cm³/mol. The van der Waals surface area contributed by atoms with Gasteiger partial charge in [-0.25, -0.2) is 0 Å². The summed E-state index contributed by atoms with van der Waals surface area (Å²) in [5.74, 6) is 0. The van der Waals surface area contributed by atoms with E-state index in [4.69, 9.17) is 0 Å². The second-order valence-electron chi connectivity index (χ2n) is 6.26. The maximum Gasteiger partial charge on any atom is 0.0446 e. The zero-order chi connectivity index (χ0) is 13.7. The van der Waals surface area contributed by atoms with Gasteiger partial charge < -0.3 is 10.4 Å². The summed E-state index contributed by atoms with van der Waals surface area (Å²) in [6, 6.07) is 1.89. The van der Waals surface area contributed by atoms with Crippen molar-refractivity contribution in [2.45, 2.75) is 57.7 Å². The van der Waals surface area contributed by atoms with Crippen molar-refractivity contribution in [3.63, 3.8) is 0 Å². The summed E-state index contributed by atoms with van der Waals surface area (Å²) in [6.45, 7) is 10.7. The molecule has 4 nitrogen and oxygen atoms in total. The van der Waals surface area contributed by atoms with E-state index in [0.717, 1.165) is 32.0 Å². The highest BCUT2D eigenvalue weighted by atomic mass is 16.3. The lowest BCUT2D eigenvalue weighted by Gasteiger charge is -2.43. The normalized spacial score (nSPS) is 30.5. The maximum atomic E-state index is 9.21. The van der Waals surface area contributed by atoms with Gasteiger partial charge in [-0.2, -0.15) is 0 Å². The molecule has 0 amide bonds. The van der Waals surface area contributed by atoms with Crippen LogP contribution in [0.15, 0.2) is 0 Å². The summed E-state index contributed by atoms with van der Waals surface area (Å²) >= 11 is 0. The second-order valence-corrected chi connectivity index (χ2v) is 6.26. The third-order valence-electron chi connectivity index (χ3n) is 4.68. The molecule has 2 N–H and O–H groups in total. The van der Waals surface area contributed by atoms with Crippen LogP contribution >= 0.6 is 0 Å². The summed E-state index contributed by atoms with van der Waals surface area (Å²) in [4.78, 5) is 5.30. The molecule has 0 spiro atoms. The fourth-order valence-corrected chi connectivity index (χ4v) is 3.55. The average molecular weight is 269 g/mol. The summed E-state index contributed by atoms with van der Waals surface area (Å²) in [7, 11) is 0. The Labute approximate surface area is 118 Å². The van der Waals surface area contributed by atoms with E-state index < -0.39 is 0 Å². The first kappa shape index (κ1) is 15.2. The molecule has 0 aliphatic carbocycles. The maximum absolute atomic E-state index is 9.21. The van der Waals surface area contributed by atoms with Crippen LogP contribution in [-0.4, -0.2) is 72.4 Å². The Kier molecular flexibility index (Phi) is 6.07. The third kappa shape index (κ3) is 4.15. The molecule has 2 fully saturated rings. The SMILES string of the molecule is CCCNC(CCO)CN1CC2CCCN2CC1C. The molecule has 112 valence electrons. The van der Waals surface area contributed by atoms with Gasteiger partial charge in [0.1, 0.15) is 0 Å². The molecule has 0 bridgehead atoms. The first-order valence-electron chi connectivity index (χ1n) is 8.07. The number of piperazine rings is 1. The molecule has 2 heterocycles. The first-order chi connectivity index (χ1) is 9.24. The standard InChI is InChI=1S/C15H31N3O/c1-3-7-16-14(6-9-19)11-18-12-15-5-4-8-17(15)10-13(18)2/h13-16,19H,3-12H2,1-2H3. The van der Waals surface area contributed by atoms with Crippen LogP contribution in [-0.2, 0) is 0 Å². The van der Waals surface area contributed by atoms with Gasteiger partial charge in [-0.15, -0.1) is 0 Å². The third-order valence-corrected chi connectivity index (χ3v) is 4.68. The van der Waals surface area contributed by atoms with Crippen molar-refractivity contribution in [1.29, 1.82) is 0 Å². The molecule has 0 aromatic carbocycles. The van der Waals surface area contributed by atoms with Crippen molar-refractivity contribution in [3.8, 4) is 0 Å². The summed E-state index contributed by atoms with van der Waals surface area (Å²) in [6.07, 6.45) is 4.78. The van der Waals surface area contributed by atoms with E-state index in [1.807, 2.05) is 0 Å². The van der Waals surface area contributed by atoms with E-state index in [2.05, 4.69) is 29.0 Å².